The Morgan fingerprint density at radius 1 is 1.67 bits per heavy atom. The van der Waals surface area contributed by atoms with Crippen molar-refractivity contribution in [3.05, 3.63) is 0 Å². The molecule has 3 atom stereocenters. The summed E-state index contributed by atoms with van der Waals surface area (Å²) in [5, 5.41) is 0.109. The first kappa shape index (κ1) is 10.0. The molecule has 1 saturated heterocycles. The SMILES string of the molecule is CC(=O)C[C@H]1CO[C@H](C)C[C@@H]1Cl. The molecule has 0 aromatic carbocycles. The molecular formula is C9H15ClO2. The molecule has 2 nitrogen and oxygen atoms in total. The van der Waals surface area contributed by atoms with Crippen molar-refractivity contribution in [2.45, 2.75) is 38.2 Å². The van der Waals surface area contributed by atoms with Gasteiger partial charge in [0.2, 0.25) is 0 Å². The van der Waals surface area contributed by atoms with Crippen molar-refractivity contribution < 1.29 is 9.53 Å². The van der Waals surface area contributed by atoms with Crippen molar-refractivity contribution in [1.82, 2.24) is 0 Å². The Labute approximate surface area is 78.2 Å². The summed E-state index contributed by atoms with van der Waals surface area (Å²) in [6.07, 6.45) is 1.66. The van der Waals surface area contributed by atoms with Gasteiger partial charge in [-0.3, -0.25) is 0 Å². The molecule has 0 radical (unpaired) electrons. The first-order chi connectivity index (χ1) is 5.59. The zero-order valence-corrected chi connectivity index (χ0v) is 8.30. The highest BCUT2D eigenvalue weighted by atomic mass is 35.5. The van der Waals surface area contributed by atoms with Gasteiger partial charge in [0, 0.05) is 17.7 Å². The van der Waals surface area contributed by atoms with E-state index in [1.807, 2.05) is 6.92 Å². The third-order valence-corrected chi connectivity index (χ3v) is 2.75. The van der Waals surface area contributed by atoms with Crippen LogP contribution in [0.3, 0.4) is 0 Å². The number of hydrogen-bond donors (Lipinski definition) is 0. The highest BCUT2D eigenvalue weighted by molar-refractivity contribution is 6.21. The minimum Gasteiger partial charge on any atom is -0.378 e. The number of alkyl halides is 1. The van der Waals surface area contributed by atoms with E-state index in [9.17, 15) is 4.79 Å². The molecule has 0 saturated carbocycles. The predicted octanol–water partition coefficient (Wildman–Crippen LogP) is 2.00. The molecule has 0 amide bonds. The molecule has 70 valence electrons. The van der Waals surface area contributed by atoms with E-state index < -0.39 is 0 Å². The molecule has 1 fully saturated rings. The van der Waals surface area contributed by atoms with Crippen molar-refractivity contribution in [2.24, 2.45) is 5.92 Å². The van der Waals surface area contributed by atoms with E-state index >= 15 is 0 Å². The molecule has 1 heterocycles. The molecule has 0 spiro atoms. The van der Waals surface area contributed by atoms with E-state index in [4.69, 9.17) is 16.3 Å². The molecule has 12 heavy (non-hydrogen) atoms. The number of Topliss-reactive ketones (excluding diaryl/α,β-unsaturated/α-hetero) is 1. The molecule has 0 aliphatic carbocycles. The average Bonchev–Trinajstić information content (AvgIpc) is 1.94. The minimum absolute atomic E-state index is 0.109. The predicted molar refractivity (Wildman–Crippen MR) is 48.5 cm³/mol. The Morgan fingerprint density at radius 3 is 2.83 bits per heavy atom. The summed E-state index contributed by atoms with van der Waals surface area (Å²) in [5.74, 6) is 0.421. The Bertz CT molecular complexity index is 170. The van der Waals surface area contributed by atoms with Crippen molar-refractivity contribution in [3.8, 4) is 0 Å². The van der Waals surface area contributed by atoms with E-state index in [0.29, 0.717) is 13.0 Å². The second-order valence-electron chi connectivity index (χ2n) is 3.56. The third kappa shape index (κ3) is 2.76. The van der Waals surface area contributed by atoms with Crippen molar-refractivity contribution >= 4 is 17.4 Å². The van der Waals surface area contributed by atoms with Gasteiger partial charge < -0.3 is 9.53 Å². The minimum atomic E-state index is 0.109. The molecule has 0 aromatic heterocycles. The fourth-order valence-corrected chi connectivity index (χ4v) is 1.94. The van der Waals surface area contributed by atoms with Gasteiger partial charge in [0.05, 0.1) is 12.7 Å². The summed E-state index contributed by atoms with van der Waals surface area (Å²) in [6, 6.07) is 0. The number of carbonyl (C=O) groups is 1. The molecule has 1 aliphatic rings. The summed E-state index contributed by atoms with van der Waals surface area (Å²) in [5.41, 5.74) is 0. The molecule has 0 aromatic rings. The fourth-order valence-electron chi connectivity index (χ4n) is 1.53. The quantitative estimate of drug-likeness (QED) is 0.623. The van der Waals surface area contributed by atoms with Gasteiger partial charge in [-0.1, -0.05) is 0 Å². The topological polar surface area (TPSA) is 26.3 Å². The van der Waals surface area contributed by atoms with E-state index in [-0.39, 0.29) is 23.2 Å². The van der Waals surface area contributed by atoms with Crippen molar-refractivity contribution in [3.63, 3.8) is 0 Å². The van der Waals surface area contributed by atoms with Crippen LogP contribution in [0.1, 0.15) is 26.7 Å². The lowest BCUT2D eigenvalue weighted by molar-refractivity contribution is -0.119. The number of rotatable bonds is 2. The van der Waals surface area contributed by atoms with Gasteiger partial charge in [-0.2, -0.15) is 0 Å². The van der Waals surface area contributed by atoms with Gasteiger partial charge in [0.25, 0.3) is 0 Å². The lowest BCUT2D eigenvalue weighted by atomic mass is 9.94. The Balaban J connectivity index is 2.39. The zero-order chi connectivity index (χ0) is 9.14. The molecule has 1 rings (SSSR count). The number of ketones is 1. The second kappa shape index (κ2) is 4.24. The first-order valence-corrected chi connectivity index (χ1v) is 4.78. The fraction of sp³-hybridized carbons (Fsp3) is 0.889. The number of ether oxygens (including phenoxy) is 1. The Kier molecular flexibility index (Phi) is 3.53. The van der Waals surface area contributed by atoms with Crippen molar-refractivity contribution in [1.29, 1.82) is 0 Å². The smallest absolute Gasteiger partial charge is 0.130 e. The average molecular weight is 191 g/mol. The van der Waals surface area contributed by atoms with E-state index in [0.717, 1.165) is 6.42 Å². The zero-order valence-electron chi connectivity index (χ0n) is 7.55. The number of carbonyl (C=O) groups excluding carboxylic acids is 1. The van der Waals surface area contributed by atoms with Gasteiger partial charge >= 0.3 is 0 Å². The van der Waals surface area contributed by atoms with Crippen LogP contribution < -0.4 is 0 Å². The molecule has 3 heteroatoms. The van der Waals surface area contributed by atoms with E-state index in [2.05, 4.69) is 0 Å². The first-order valence-electron chi connectivity index (χ1n) is 4.34. The number of halogens is 1. The second-order valence-corrected chi connectivity index (χ2v) is 4.12. The van der Waals surface area contributed by atoms with Crippen LogP contribution >= 0.6 is 11.6 Å². The van der Waals surface area contributed by atoms with Crippen LogP contribution in [0.4, 0.5) is 0 Å². The standard InChI is InChI=1S/C9H15ClO2/c1-6(11)3-8-5-12-7(2)4-9(8)10/h7-9H,3-5H2,1-2H3/t7-,8+,9+/m1/s1. The highest BCUT2D eigenvalue weighted by Gasteiger charge is 2.28. The van der Waals surface area contributed by atoms with Crippen LogP contribution in [0, 0.1) is 5.92 Å². The normalized spacial score (nSPS) is 36.4. The van der Waals surface area contributed by atoms with Gasteiger partial charge in [-0.15, -0.1) is 11.6 Å². The summed E-state index contributed by atoms with van der Waals surface area (Å²) in [7, 11) is 0. The summed E-state index contributed by atoms with van der Waals surface area (Å²) in [4.78, 5) is 10.8. The molecule has 0 bridgehead atoms. The van der Waals surface area contributed by atoms with Crippen molar-refractivity contribution in [2.75, 3.05) is 6.61 Å². The maximum absolute atomic E-state index is 10.8. The Hall–Kier alpha value is -0.0800. The van der Waals surface area contributed by atoms with Crippen LogP contribution in [0.25, 0.3) is 0 Å². The molecule has 1 aliphatic heterocycles. The lowest BCUT2D eigenvalue weighted by Crippen LogP contribution is -2.33. The van der Waals surface area contributed by atoms with Crippen LogP contribution in [0.15, 0.2) is 0 Å². The van der Waals surface area contributed by atoms with Gasteiger partial charge in [-0.05, 0) is 20.3 Å². The lowest BCUT2D eigenvalue weighted by Gasteiger charge is -2.30. The van der Waals surface area contributed by atoms with E-state index in [1.165, 1.54) is 0 Å². The summed E-state index contributed by atoms with van der Waals surface area (Å²) >= 11 is 6.09. The van der Waals surface area contributed by atoms with E-state index in [1.54, 1.807) is 6.92 Å². The van der Waals surface area contributed by atoms with Gasteiger partial charge in [0.15, 0.2) is 0 Å². The van der Waals surface area contributed by atoms with Crippen LogP contribution in [0.5, 0.6) is 0 Å². The Morgan fingerprint density at radius 2 is 2.33 bits per heavy atom. The van der Waals surface area contributed by atoms with Gasteiger partial charge in [-0.25, -0.2) is 0 Å². The van der Waals surface area contributed by atoms with Crippen LogP contribution in [-0.2, 0) is 9.53 Å². The summed E-state index contributed by atoms with van der Waals surface area (Å²) in [6.45, 7) is 4.25. The van der Waals surface area contributed by atoms with Crippen LogP contribution in [-0.4, -0.2) is 23.9 Å². The maximum Gasteiger partial charge on any atom is 0.130 e. The maximum atomic E-state index is 10.8. The van der Waals surface area contributed by atoms with Crippen LogP contribution in [0.2, 0.25) is 0 Å². The molecular weight excluding hydrogens is 176 g/mol. The molecule has 0 unspecified atom stereocenters. The number of hydrogen-bond acceptors (Lipinski definition) is 2. The highest BCUT2D eigenvalue weighted by Crippen LogP contribution is 2.26. The monoisotopic (exact) mass is 190 g/mol. The molecule has 0 N–H and O–H groups in total. The largest absolute Gasteiger partial charge is 0.378 e. The summed E-state index contributed by atoms with van der Waals surface area (Å²) < 4.78 is 5.43. The third-order valence-electron chi connectivity index (χ3n) is 2.21. The van der Waals surface area contributed by atoms with Gasteiger partial charge in [0.1, 0.15) is 5.78 Å².